The number of hydrogen-bond acceptors (Lipinski definition) is 5. The normalized spacial score (nSPS) is 18.8. The van der Waals surface area contributed by atoms with Crippen molar-refractivity contribution in [1.29, 1.82) is 0 Å². The summed E-state index contributed by atoms with van der Waals surface area (Å²) in [6.45, 7) is 4.20. The largest absolute Gasteiger partial charge is 0.490 e. The molecule has 2 N–H and O–H groups in total. The molecule has 2 aliphatic rings. The van der Waals surface area contributed by atoms with E-state index < -0.39 is 12.1 Å². The summed E-state index contributed by atoms with van der Waals surface area (Å²) in [5.74, 6) is -2.41. The summed E-state index contributed by atoms with van der Waals surface area (Å²) >= 11 is 1.65. The van der Waals surface area contributed by atoms with Crippen molar-refractivity contribution < 1.29 is 32.7 Å². The highest BCUT2D eigenvalue weighted by molar-refractivity contribution is 7.08. The number of hydrogen-bond donors (Lipinski definition) is 2. The Bertz CT molecular complexity index is 747. The first-order valence-electron chi connectivity index (χ1n) is 10.1. The van der Waals surface area contributed by atoms with Crippen LogP contribution < -0.4 is 5.32 Å². The predicted octanol–water partition coefficient (Wildman–Crippen LogP) is 2.37. The molecule has 3 heterocycles. The van der Waals surface area contributed by atoms with Crippen LogP contribution in [0.3, 0.4) is 0 Å². The average Bonchev–Trinajstić information content (AvgIpc) is 3.22. The van der Waals surface area contributed by atoms with Gasteiger partial charge in [-0.05, 0) is 66.6 Å². The fraction of sp³-hybridized carbons (Fsp3) is 0.650. The van der Waals surface area contributed by atoms with Crippen LogP contribution in [0.5, 0.6) is 0 Å². The molecule has 11 heteroatoms. The fourth-order valence-electron chi connectivity index (χ4n) is 3.98. The maximum atomic E-state index is 12.6. The minimum atomic E-state index is -5.08. The number of aliphatic carboxylic acids is 1. The molecule has 1 aromatic rings. The van der Waals surface area contributed by atoms with E-state index >= 15 is 0 Å². The first kappa shape index (κ1) is 25.1. The van der Waals surface area contributed by atoms with Crippen LogP contribution in [0.15, 0.2) is 16.8 Å². The average molecular weight is 464 g/mol. The van der Waals surface area contributed by atoms with E-state index in [0.29, 0.717) is 13.0 Å². The Morgan fingerprint density at radius 3 is 2.35 bits per heavy atom. The molecule has 1 aromatic heterocycles. The lowest BCUT2D eigenvalue weighted by molar-refractivity contribution is -0.192. The van der Waals surface area contributed by atoms with Crippen molar-refractivity contribution in [1.82, 2.24) is 15.1 Å². The summed E-state index contributed by atoms with van der Waals surface area (Å²) in [4.78, 5) is 37.4. The molecule has 0 aromatic carbocycles. The van der Waals surface area contributed by atoms with Crippen molar-refractivity contribution in [3.05, 3.63) is 22.4 Å². The third kappa shape index (κ3) is 7.80. The second-order valence-electron chi connectivity index (χ2n) is 7.98. The lowest BCUT2D eigenvalue weighted by atomic mass is 9.72. The second kappa shape index (κ2) is 10.9. The second-order valence-corrected chi connectivity index (χ2v) is 8.76. The maximum absolute atomic E-state index is 12.6. The van der Waals surface area contributed by atoms with E-state index in [1.807, 2.05) is 11.4 Å². The van der Waals surface area contributed by atoms with Gasteiger partial charge in [0, 0.05) is 20.1 Å². The predicted molar refractivity (Wildman–Crippen MR) is 110 cm³/mol. The summed E-state index contributed by atoms with van der Waals surface area (Å²) in [7, 11) is 1.69. The smallest absolute Gasteiger partial charge is 0.475 e. The molecule has 31 heavy (non-hydrogen) atoms. The number of carbonyl (C=O) groups excluding carboxylic acids is 2. The Morgan fingerprint density at radius 2 is 1.84 bits per heavy atom. The van der Waals surface area contributed by atoms with Gasteiger partial charge in [0.1, 0.15) is 0 Å². The number of piperidine rings is 2. The van der Waals surface area contributed by atoms with Crippen LogP contribution >= 0.6 is 11.3 Å². The van der Waals surface area contributed by atoms with E-state index in [2.05, 4.69) is 20.5 Å². The highest BCUT2D eigenvalue weighted by atomic mass is 32.1. The summed E-state index contributed by atoms with van der Waals surface area (Å²) in [5.41, 5.74) is 1.40. The van der Waals surface area contributed by atoms with Crippen LogP contribution in [0.2, 0.25) is 0 Å². The number of likely N-dealkylation sites (tertiary alicyclic amines) is 2. The molecule has 2 amide bonds. The first-order chi connectivity index (χ1) is 14.5. The zero-order chi connectivity index (χ0) is 23.1. The minimum Gasteiger partial charge on any atom is -0.475 e. The highest BCUT2D eigenvalue weighted by Gasteiger charge is 2.40. The number of halogens is 3. The van der Waals surface area contributed by atoms with Crippen molar-refractivity contribution >= 4 is 29.1 Å². The van der Waals surface area contributed by atoms with Crippen molar-refractivity contribution in [3.63, 3.8) is 0 Å². The topological polar surface area (TPSA) is 90.0 Å². The molecule has 2 aliphatic heterocycles. The van der Waals surface area contributed by atoms with E-state index in [-0.39, 0.29) is 17.2 Å². The summed E-state index contributed by atoms with van der Waals surface area (Å²) in [5, 5.41) is 13.9. The third-order valence-corrected chi connectivity index (χ3v) is 6.49. The Labute approximate surface area is 183 Å². The molecule has 2 saturated heterocycles. The Hall–Kier alpha value is -2.14. The van der Waals surface area contributed by atoms with Crippen molar-refractivity contribution in [2.24, 2.45) is 5.41 Å². The fourth-order valence-corrected chi connectivity index (χ4v) is 4.64. The lowest BCUT2D eigenvalue weighted by Gasteiger charge is -2.47. The molecule has 2 fully saturated rings. The number of likely N-dealkylation sites (N-methyl/N-ethyl adjacent to an activating group) is 1. The van der Waals surface area contributed by atoms with Gasteiger partial charge in [-0.1, -0.05) is 0 Å². The van der Waals surface area contributed by atoms with Crippen LogP contribution in [0.4, 0.5) is 13.2 Å². The number of carboxylic acid groups (broad SMARTS) is 1. The van der Waals surface area contributed by atoms with E-state index in [1.54, 1.807) is 18.4 Å². The molecule has 0 radical (unpaired) electrons. The van der Waals surface area contributed by atoms with Crippen LogP contribution in [0.25, 0.3) is 0 Å². The van der Waals surface area contributed by atoms with E-state index in [4.69, 9.17) is 9.90 Å². The van der Waals surface area contributed by atoms with Crippen LogP contribution in [-0.4, -0.2) is 78.6 Å². The van der Waals surface area contributed by atoms with Gasteiger partial charge in [0.15, 0.2) is 0 Å². The molecule has 174 valence electrons. The van der Waals surface area contributed by atoms with Crippen LogP contribution in [0.1, 0.15) is 31.2 Å². The standard InChI is InChI=1S/C18H27N3O2S.C2HF3O2/c1-19-16(22)12-20-8-5-18(6-9-20)4-2-7-21(14-18)17(23)11-15-3-10-24-13-15;3-2(4,5)1(6)7/h3,10,13H,2,4-9,11-12,14H2,1H3,(H,19,22);(H,6,7). The summed E-state index contributed by atoms with van der Waals surface area (Å²) < 4.78 is 31.7. The maximum Gasteiger partial charge on any atom is 0.490 e. The SMILES string of the molecule is CNC(=O)CN1CCC2(CCCN(C(=O)Cc3ccsc3)C2)CC1.O=C(O)C(F)(F)F. The molecule has 0 unspecified atom stereocenters. The Morgan fingerprint density at radius 1 is 1.19 bits per heavy atom. The Kier molecular flexibility index (Phi) is 8.87. The van der Waals surface area contributed by atoms with Gasteiger partial charge in [-0.25, -0.2) is 4.79 Å². The molecule has 7 nitrogen and oxygen atoms in total. The van der Waals surface area contributed by atoms with Gasteiger partial charge in [-0.15, -0.1) is 0 Å². The molecule has 0 atom stereocenters. The zero-order valence-corrected chi connectivity index (χ0v) is 18.2. The van der Waals surface area contributed by atoms with Crippen molar-refractivity contribution in [3.8, 4) is 0 Å². The van der Waals surface area contributed by atoms with Gasteiger partial charge in [0.05, 0.1) is 13.0 Å². The summed E-state index contributed by atoms with van der Waals surface area (Å²) in [6.07, 6.45) is -0.0608. The number of carbonyl (C=O) groups is 3. The highest BCUT2D eigenvalue weighted by Crippen LogP contribution is 2.39. The Balaban J connectivity index is 0.000000423. The van der Waals surface area contributed by atoms with E-state index in [9.17, 15) is 22.8 Å². The molecule has 0 saturated carbocycles. The molecule has 3 rings (SSSR count). The van der Waals surface area contributed by atoms with Gasteiger partial charge in [-0.3, -0.25) is 14.5 Å². The molecule has 1 spiro atoms. The third-order valence-electron chi connectivity index (χ3n) is 5.75. The molecular formula is C20H28F3N3O4S. The number of nitrogens with one attached hydrogen (secondary N) is 1. The molecule has 0 bridgehead atoms. The first-order valence-corrected chi connectivity index (χ1v) is 11.0. The summed E-state index contributed by atoms with van der Waals surface area (Å²) in [6, 6.07) is 2.04. The number of thiophene rings is 1. The van der Waals surface area contributed by atoms with Gasteiger partial charge < -0.3 is 15.3 Å². The van der Waals surface area contributed by atoms with E-state index in [1.165, 1.54) is 6.42 Å². The van der Waals surface area contributed by atoms with Gasteiger partial charge in [-0.2, -0.15) is 24.5 Å². The van der Waals surface area contributed by atoms with Crippen LogP contribution in [-0.2, 0) is 20.8 Å². The number of amides is 2. The monoisotopic (exact) mass is 463 g/mol. The minimum absolute atomic E-state index is 0.0853. The number of alkyl halides is 3. The van der Waals surface area contributed by atoms with Gasteiger partial charge >= 0.3 is 12.1 Å². The zero-order valence-electron chi connectivity index (χ0n) is 17.4. The number of nitrogens with zero attached hydrogens (tertiary/aromatic N) is 2. The quantitative estimate of drug-likeness (QED) is 0.716. The van der Waals surface area contributed by atoms with Crippen molar-refractivity contribution in [2.45, 2.75) is 38.3 Å². The van der Waals surface area contributed by atoms with Gasteiger partial charge in [0.25, 0.3) is 0 Å². The van der Waals surface area contributed by atoms with Crippen molar-refractivity contribution in [2.75, 3.05) is 39.8 Å². The lowest BCUT2D eigenvalue weighted by Crippen LogP contribution is -2.52. The molecule has 0 aliphatic carbocycles. The number of rotatable bonds is 4. The van der Waals surface area contributed by atoms with E-state index in [0.717, 1.165) is 51.0 Å². The molecular weight excluding hydrogens is 435 g/mol. The number of carboxylic acids is 1. The van der Waals surface area contributed by atoms with Gasteiger partial charge in [0.2, 0.25) is 11.8 Å². The van der Waals surface area contributed by atoms with Crippen LogP contribution in [0, 0.1) is 5.41 Å².